The van der Waals surface area contributed by atoms with Gasteiger partial charge in [-0.15, -0.1) is 0 Å². The first-order valence-corrected chi connectivity index (χ1v) is 4.58. The predicted octanol–water partition coefficient (Wildman–Crippen LogP) is 0.244. The van der Waals surface area contributed by atoms with Crippen LogP contribution in [0.4, 0.5) is 0 Å². The summed E-state index contributed by atoms with van der Waals surface area (Å²) >= 11 is 0. The van der Waals surface area contributed by atoms with Gasteiger partial charge in [0.1, 0.15) is 6.29 Å². The summed E-state index contributed by atoms with van der Waals surface area (Å²) in [5, 5.41) is 11.8. The maximum Gasteiger partial charge on any atom is 0.142 e. The molecule has 0 aliphatic carbocycles. The van der Waals surface area contributed by atoms with Gasteiger partial charge in [-0.05, 0) is 18.6 Å². The molecule has 0 spiro atoms. The summed E-state index contributed by atoms with van der Waals surface area (Å²) in [6.45, 7) is 3.85. The number of carbonyl (C=O) groups is 1. The van der Waals surface area contributed by atoms with Crippen LogP contribution in [0.2, 0.25) is 0 Å². The lowest BCUT2D eigenvalue weighted by molar-refractivity contribution is -0.104. The number of hydrogen-bond donors (Lipinski definition) is 2. The van der Waals surface area contributed by atoms with Crippen LogP contribution in [0.1, 0.15) is 6.92 Å². The zero-order chi connectivity index (χ0) is 10.6. The molecule has 0 saturated heterocycles. The number of hydrogen-bond acceptors (Lipinski definition) is 4. The Kier molecular flexibility index (Phi) is 9.15. The van der Waals surface area contributed by atoms with Gasteiger partial charge in [-0.2, -0.15) is 0 Å². The first kappa shape index (κ1) is 12.9. The van der Waals surface area contributed by atoms with Crippen molar-refractivity contribution in [2.75, 3.05) is 26.4 Å². The molecule has 0 aromatic carbocycles. The van der Waals surface area contributed by atoms with E-state index in [-0.39, 0.29) is 6.61 Å². The highest BCUT2D eigenvalue weighted by molar-refractivity contribution is 5.65. The maximum atomic E-state index is 10.0. The molecule has 0 rings (SSSR count). The number of aliphatic hydroxyl groups is 1. The van der Waals surface area contributed by atoms with Crippen molar-refractivity contribution < 1.29 is 14.6 Å². The van der Waals surface area contributed by atoms with E-state index in [1.54, 1.807) is 12.3 Å². The highest BCUT2D eigenvalue weighted by atomic mass is 16.5. The topological polar surface area (TPSA) is 58.6 Å². The van der Waals surface area contributed by atoms with Gasteiger partial charge in [0, 0.05) is 19.4 Å². The molecule has 0 radical (unpaired) electrons. The van der Waals surface area contributed by atoms with Crippen molar-refractivity contribution in [3.63, 3.8) is 0 Å². The summed E-state index contributed by atoms with van der Waals surface area (Å²) in [7, 11) is 0. The van der Waals surface area contributed by atoms with Gasteiger partial charge in [0.2, 0.25) is 0 Å². The SMILES string of the molecule is CCOCCN/C=C(\C=C/C=O)CO. The van der Waals surface area contributed by atoms with E-state index in [1.165, 1.54) is 6.08 Å². The van der Waals surface area contributed by atoms with E-state index >= 15 is 0 Å². The lowest BCUT2D eigenvalue weighted by atomic mass is 10.3. The molecular formula is C10H17NO3. The Balaban J connectivity index is 3.69. The van der Waals surface area contributed by atoms with Gasteiger partial charge in [0.25, 0.3) is 0 Å². The summed E-state index contributed by atoms with van der Waals surface area (Å²) in [6, 6.07) is 0. The van der Waals surface area contributed by atoms with Crippen molar-refractivity contribution in [3.05, 3.63) is 23.9 Å². The van der Waals surface area contributed by atoms with Crippen LogP contribution < -0.4 is 5.32 Å². The molecule has 0 aliphatic rings. The molecule has 0 saturated carbocycles. The molecule has 4 heteroatoms. The number of nitrogens with one attached hydrogen (secondary N) is 1. The lowest BCUT2D eigenvalue weighted by Crippen LogP contribution is -2.14. The Bertz CT molecular complexity index is 200. The second kappa shape index (κ2) is 9.95. The third-order valence-electron chi connectivity index (χ3n) is 1.45. The van der Waals surface area contributed by atoms with Gasteiger partial charge < -0.3 is 15.2 Å². The Morgan fingerprint density at radius 2 is 2.36 bits per heavy atom. The molecule has 0 atom stereocenters. The quantitative estimate of drug-likeness (QED) is 0.254. The standard InChI is InChI=1S/C10H17NO3/c1-2-14-7-5-11-8-10(9-13)4-3-6-12/h3-4,6,8,11,13H,2,5,7,9H2,1H3/b4-3-,10-8+. The van der Waals surface area contributed by atoms with E-state index in [1.807, 2.05) is 6.92 Å². The molecule has 4 nitrogen and oxygen atoms in total. The monoisotopic (exact) mass is 199 g/mol. The van der Waals surface area contributed by atoms with Crippen molar-refractivity contribution in [1.82, 2.24) is 5.32 Å². The molecule has 0 unspecified atom stereocenters. The van der Waals surface area contributed by atoms with Crippen molar-refractivity contribution in [2.24, 2.45) is 0 Å². The smallest absolute Gasteiger partial charge is 0.142 e. The third kappa shape index (κ3) is 7.52. The lowest BCUT2D eigenvalue weighted by Gasteiger charge is -2.02. The number of carbonyl (C=O) groups excluding carboxylic acids is 1. The Hall–Kier alpha value is -1.13. The van der Waals surface area contributed by atoms with Crippen LogP contribution in [-0.4, -0.2) is 37.8 Å². The van der Waals surface area contributed by atoms with Gasteiger partial charge >= 0.3 is 0 Å². The maximum absolute atomic E-state index is 10.0. The fraction of sp³-hybridized carbons (Fsp3) is 0.500. The molecule has 0 heterocycles. The van der Waals surface area contributed by atoms with Crippen molar-refractivity contribution in [3.8, 4) is 0 Å². The van der Waals surface area contributed by atoms with Crippen LogP contribution in [0.15, 0.2) is 23.9 Å². The largest absolute Gasteiger partial charge is 0.392 e. The van der Waals surface area contributed by atoms with E-state index in [9.17, 15) is 4.79 Å². The number of aliphatic hydroxyl groups excluding tert-OH is 1. The molecule has 0 amide bonds. The average Bonchev–Trinajstić information content (AvgIpc) is 2.22. The summed E-state index contributed by atoms with van der Waals surface area (Å²) in [6.07, 6.45) is 5.23. The number of rotatable bonds is 8. The highest BCUT2D eigenvalue weighted by Gasteiger charge is 1.88. The molecule has 0 aromatic rings. The van der Waals surface area contributed by atoms with Crippen molar-refractivity contribution in [2.45, 2.75) is 6.92 Å². The summed E-state index contributed by atoms with van der Waals surface area (Å²) in [5.74, 6) is 0. The number of ether oxygens (including phenoxy) is 1. The minimum atomic E-state index is -0.0913. The van der Waals surface area contributed by atoms with Crippen LogP contribution in [0.3, 0.4) is 0 Å². The normalized spacial score (nSPS) is 12.0. The second-order valence-electron chi connectivity index (χ2n) is 2.52. The van der Waals surface area contributed by atoms with Gasteiger partial charge in [-0.1, -0.05) is 6.08 Å². The molecule has 0 bridgehead atoms. The third-order valence-corrected chi connectivity index (χ3v) is 1.45. The van der Waals surface area contributed by atoms with E-state index in [2.05, 4.69) is 5.32 Å². The van der Waals surface area contributed by atoms with E-state index in [0.29, 0.717) is 31.6 Å². The van der Waals surface area contributed by atoms with E-state index in [4.69, 9.17) is 9.84 Å². The van der Waals surface area contributed by atoms with Crippen molar-refractivity contribution in [1.29, 1.82) is 0 Å². The van der Waals surface area contributed by atoms with Crippen LogP contribution in [0, 0.1) is 0 Å². The minimum Gasteiger partial charge on any atom is -0.392 e. The second-order valence-corrected chi connectivity index (χ2v) is 2.52. The van der Waals surface area contributed by atoms with Gasteiger partial charge in [-0.3, -0.25) is 4.79 Å². The molecular weight excluding hydrogens is 182 g/mol. The Morgan fingerprint density at radius 3 is 2.93 bits per heavy atom. The first-order valence-electron chi connectivity index (χ1n) is 4.58. The van der Waals surface area contributed by atoms with E-state index in [0.717, 1.165) is 0 Å². The van der Waals surface area contributed by atoms with E-state index < -0.39 is 0 Å². The Morgan fingerprint density at radius 1 is 1.57 bits per heavy atom. The van der Waals surface area contributed by atoms with Gasteiger partial charge in [-0.25, -0.2) is 0 Å². The number of aldehydes is 1. The molecule has 80 valence electrons. The number of allylic oxidation sites excluding steroid dienone is 1. The summed E-state index contributed by atoms with van der Waals surface area (Å²) in [4.78, 5) is 10.0. The fourth-order valence-electron chi connectivity index (χ4n) is 0.788. The van der Waals surface area contributed by atoms with Crippen LogP contribution in [0.5, 0.6) is 0 Å². The van der Waals surface area contributed by atoms with Gasteiger partial charge in [0.15, 0.2) is 0 Å². The van der Waals surface area contributed by atoms with Crippen LogP contribution in [0.25, 0.3) is 0 Å². The van der Waals surface area contributed by atoms with Crippen molar-refractivity contribution >= 4 is 6.29 Å². The molecule has 14 heavy (non-hydrogen) atoms. The van der Waals surface area contributed by atoms with Crippen LogP contribution >= 0.6 is 0 Å². The molecule has 0 fully saturated rings. The first-order chi connectivity index (χ1) is 6.85. The fourth-order valence-corrected chi connectivity index (χ4v) is 0.788. The minimum absolute atomic E-state index is 0.0913. The average molecular weight is 199 g/mol. The summed E-state index contributed by atoms with van der Waals surface area (Å²) < 4.78 is 5.10. The predicted molar refractivity (Wildman–Crippen MR) is 54.9 cm³/mol. The highest BCUT2D eigenvalue weighted by Crippen LogP contribution is 1.91. The summed E-state index contributed by atoms with van der Waals surface area (Å²) in [5.41, 5.74) is 0.661. The molecule has 2 N–H and O–H groups in total. The zero-order valence-corrected chi connectivity index (χ0v) is 8.40. The Labute approximate surface area is 84.3 Å². The molecule has 0 aromatic heterocycles. The van der Waals surface area contributed by atoms with Gasteiger partial charge in [0.05, 0.1) is 13.2 Å². The van der Waals surface area contributed by atoms with Crippen LogP contribution in [-0.2, 0) is 9.53 Å². The zero-order valence-electron chi connectivity index (χ0n) is 8.40. The molecule has 0 aliphatic heterocycles.